The number of hydrogen-bond acceptors (Lipinski definition) is 3. The predicted molar refractivity (Wildman–Crippen MR) is 94.3 cm³/mol. The van der Waals surface area contributed by atoms with Crippen molar-refractivity contribution in [2.75, 3.05) is 20.6 Å². The second kappa shape index (κ2) is 7.42. The molecule has 0 saturated heterocycles. The molecule has 0 aliphatic carbocycles. The van der Waals surface area contributed by atoms with Gasteiger partial charge in [-0.05, 0) is 67.0 Å². The van der Waals surface area contributed by atoms with Crippen LogP contribution in [0.25, 0.3) is 0 Å². The summed E-state index contributed by atoms with van der Waals surface area (Å²) in [4.78, 5) is 14.3. The summed E-state index contributed by atoms with van der Waals surface area (Å²) in [5, 5.41) is 2.97. The van der Waals surface area contributed by atoms with Gasteiger partial charge in [0, 0.05) is 14.6 Å². The van der Waals surface area contributed by atoms with Crippen LogP contribution in [0.2, 0.25) is 0 Å². The van der Waals surface area contributed by atoms with Crippen molar-refractivity contribution in [3.8, 4) is 0 Å². The van der Waals surface area contributed by atoms with E-state index in [2.05, 4.69) is 43.8 Å². The lowest BCUT2D eigenvalue weighted by molar-refractivity contribution is 0.0938. The Bertz CT molecular complexity index is 614. The van der Waals surface area contributed by atoms with E-state index < -0.39 is 0 Å². The van der Waals surface area contributed by atoms with Gasteiger partial charge in [-0.15, -0.1) is 0 Å². The van der Waals surface area contributed by atoms with Crippen molar-refractivity contribution >= 4 is 44.4 Å². The summed E-state index contributed by atoms with van der Waals surface area (Å²) in [7, 11) is 3.92. The second-order valence-electron chi connectivity index (χ2n) is 4.83. The number of likely N-dealkylation sites (N-methyl/N-ethyl adjacent to an activating group) is 1. The van der Waals surface area contributed by atoms with Gasteiger partial charge in [0.15, 0.2) is 0 Å². The van der Waals surface area contributed by atoms with Crippen LogP contribution < -0.4 is 5.32 Å². The minimum atomic E-state index is -0.0842. The molecule has 0 radical (unpaired) electrons. The Kier molecular flexibility index (Phi) is 5.83. The Morgan fingerprint density at radius 3 is 2.81 bits per heavy atom. The zero-order valence-electron chi connectivity index (χ0n) is 11.8. The monoisotopic (exact) mass is 462 g/mol. The molecule has 0 spiro atoms. The van der Waals surface area contributed by atoms with Crippen LogP contribution in [0.4, 0.5) is 0 Å². The number of carbonyl (C=O) groups excluding carboxylic acids is 1. The number of hydrogen-bond donors (Lipinski definition) is 1. The van der Waals surface area contributed by atoms with Gasteiger partial charge in [0.2, 0.25) is 0 Å². The molecule has 1 atom stereocenters. The maximum absolute atomic E-state index is 12.3. The Morgan fingerprint density at radius 1 is 1.43 bits per heavy atom. The van der Waals surface area contributed by atoms with E-state index in [4.69, 9.17) is 4.42 Å². The molecule has 0 saturated carbocycles. The van der Waals surface area contributed by atoms with Gasteiger partial charge in [0.25, 0.3) is 5.91 Å². The van der Waals surface area contributed by atoms with E-state index in [1.807, 2.05) is 49.3 Å². The summed E-state index contributed by atoms with van der Waals surface area (Å²) in [6.45, 7) is 0.488. The fourth-order valence-corrected chi connectivity index (χ4v) is 2.92. The summed E-state index contributed by atoms with van der Waals surface area (Å²) in [5.41, 5.74) is 0.668. The highest BCUT2D eigenvalue weighted by atomic mass is 127. The number of amides is 1. The molecule has 6 heteroatoms. The van der Waals surface area contributed by atoms with Gasteiger partial charge in [-0.2, -0.15) is 0 Å². The van der Waals surface area contributed by atoms with Gasteiger partial charge >= 0.3 is 0 Å². The maximum Gasteiger partial charge on any atom is 0.252 e. The number of nitrogens with one attached hydrogen (secondary N) is 1. The molecule has 2 rings (SSSR count). The molecule has 0 fully saturated rings. The molecule has 4 nitrogen and oxygen atoms in total. The lowest BCUT2D eigenvalue weighted by Gasteiger charge is -2.22. The molecule has 0 bridgehead atoms. The van der Waals surface area contributed by atoms with Crippen LogP contribution in [-0.2, 0) is 0 Å². The first-order valence-electron chi connectivity index (χ1n) is 6.42. The standard InChI is InChI=1S/C15H16BrIN2O2/c1-19(2)13(14-4-3-7-21-14)9-18-15(20)11-8-10(16)5-6-12(11)17/h3-8,13H,9H2,1-2H3,(H,18,20). The highest BCUT2D eigenvalue weighted by Gasteiger charge is 2.19. The van der Waals surface area contributed by atoms with E-state index in [9.17, 15) is 4.79 Å². The van der Waals surface area contributed by atoms with Crippen LogP contribution in [0.1, 0.15) is 22.2 Å². The minimum absolute atomic E-state index is 0.00811. The normalized spacial score (nSPS) is 12.4. The molecular weight excluding hydrogens is 447 g/mol. The molecule has 21 heavy (non-hydrogen) atoms. The van der Waals surface area contributed by atoms with E-state index in [0.717, 1.165) is 13.8 Å². The van der Waals surface area contributed by atoms with Crippen LogP contribution in [0.5, 0.6) is 0 Å². The van der Waals surface area contributed by atoms with Gasteiger partial charge < -0.3 is 9.73 Å². The zero-order valence-corrected chi connectivity index (χ0v) is 15.5. The number of benzene rings is 1. The van der Waals surface area contributed by atoms with E-state index in [-0.39, 0.29) is 11.9 Å². The van der Waals surface area contributed by atoms with Crippen molar-refractivity contribution in [3.05, 3.63) is 56.0 Å². The van der Waals surface area contributed by atoms with E-state index in [0.29, 0.717) is 12.1 Å². The first kappa shape index (κ1) is 16.5. The lowest BCUT2D eigenvalue weighted by Crippen LogP contribution is -2.34. The molecule has 0 aliphatic heterocycles. The molecule has 1 N–H and O–H groups in total. The summed E-state index contributed by atoms with van der Waals surface area (Å²) in [5.74, 6) is 0.753. The van der Waals surface area contributed by atoms with Crippen LogP contribution in [-0.4, -0.2) is 31.4 Å². The van der Waals surface area contributed by atoms with Crippen molar-refractivity contribution in [1.82, 2.24) is 10.2 Å². The Morgan fingerprint density at radius 2 is 2.19 bits per heavy atom. The number of carbonyl (C=O) groups is 1. The highest BCUT2D eigenvalue weighted by Crippen LogP contribution is 2.20. The average molecular weight is 463 g/mol. The predicted octanol–water partition coefficient (Wildman–Crippen LogP) is 3.68. The fraction of sp³-hybridized carbons (Fsp3) is 0.267. The van der Waals surface area contributed by atoms with Crippen LogP contribution in [0.15, 0.2) is 45.5 Å². The summed E-state index contributed by atoms with van der Waals surface area (Å²) in [6.07, 6.45) is 1.64. The van der Waals surface area contributed by atoms with E-state index >= 15 is 0 Å². The average Bonchev–Trinajstić information content (AvgIpc) is 2.95. The molecular formula is C15H16BrIN2O2. The third kappa shape index (κ3) is 4.31. The first-order valence-corrected chi connectivity index (χ1v) is 8.29. The quantitative estimate of drug-likeness (QED) is 0.689. The highest BCUT2D eigenvalue weighted by molar-refractivity contribution is 14.1. The zero-order chi connectivity index (χ0) is 15.4. The van der Waals surface area contributed by atoms with Crippen molar-refractivity contribution in [2.24, 2.45) is 0 Å². The minimum Gasteiger partial charge on any atom is -0.468 e. The van der Waals surface area contributed by atoms with Crippen molar-refractivity contribution in [2.45, 2.75) is 6.04 Å². The fourth-order valence-electron chi connectivity index (χ4n) is 1.97. The van der Waals surface area contributed by atoms with Gasteiger partial charge in [0.05, 0.1) is 17.9 Å². The number of nitrogens with zero attached hydrogens (tertiary/aromatic N) is 1. The van der Waals surface area contributed by atoms with Gasteiger partial charge in [0.1, 0.15) is 5.76 Å². The largest absolute Gasteiger partial charge is 0.468 e. The lowest BCUT2D eigenvalue weighted by atomic mass is 10.2. The summed E-state index contributed by atoms with van der Waals surface area (Å²) >= 11 is 5.56. The van der Waals surface area contributed by atoms with Crippen molar-refractivity contribution in [3.63, 3.8) is 0 Å². The SMILES string of the molecule is CN(C)C(CNC(=O)c1cc(Br)ccc1I)c1ccco1. The first-order chi connectivity index (χ1) is 9.99. The molecule has 1 aromatic carbocycles. The molecule has 0 aliphatic rings. The van der Waals surface area contributed by atoms with Crippen LogP contribution in [0.3, 0.4) is 0 Å². The second-order valence-corrected chi connectivity index (χ2v) is 6.91. The molecule has 1 unspecified atom stereocenters. The number of rotatable bonds is 5. The summed E-state index contributed by atoms with van der Waals surface area (Å²) in [6, 6.07) is 9.44. The number of halogens is 2. The molecule has 1 heterocycles. The summed E-state index contributed by atoms with van der Waals surface area (Å²) < 4.78 is 7.25. The molecule has 1 aromatic heterocycles. The van der Waals surface area contributed by atoms with E-state index in [1.54, 1.807) is 6.26 Å². The molecule has 1 amide bonds. The van der Waals surface area contributed by atoms with Gasteiger partial charge in [-0.3, -0.25) is 9.69 Å². The van der Waals surface area contributed by atoms with Crippen LogP contribution in [0, 0.1) is 3.57 Å². The molecule has 112 valence electrons. The van der Waals surface area contributed by atoms with E-state index in [1.165, 1.54) is 0 Å². The van der Waals surface area contributed by atoms with Gasteiger partial charge in [-0.1, -0.05) is 15.9 Å². The smallest absolute Gasteiger partial charge is 0.252 e. The number of furan rings is 1. The Labute approximate surface area is 146 Å². The van der Waals surface area contributed by atoms with Crippen molar-refractivity contribution < 1.29 is 9.21 Å². The Balaban J connectivity index is 2.07. The maximum atomic E-state index is 12.3. The molecule has 2 aromatic rings. The van der Waals surface area contributed by atoms with Gasteiger partial charge in [-0.25, -0.2) is 0 Å². The third-order valence-electron chi connectivity index (χ3n) is 3.12. The third-order valence-corrected chi connectivity index (χ3v) is 4.56. The Hall–Kier alpha value is -0.860. The topological polar surface area (TPSA) is 45.5 Å². The van der Waals surface area contributed by atoms with Crippen LogP contribution >= 0.6 is 38.5 Å². The van der Waals surface area contributed by atoms with Crippen molar-refractivity contribution in [1.29, 1.82) is 0 Å².